The van der Waals surface area contributed by atoms with Gasteiger partial charge in [-0.2, -0.15) is 0 Å². The molecular formula is C47H60O12. The number of hydrogen-bond acceptors (Lipinski definition) is 12. The summed E-state index contributed by atoms with van der Waals surface area (Å²) < 4.78 is 50.6. The highest BCUT2D eigenvalue weighted by Gasteiger charge is 2.40. The standard InChI is InChI=1S/C47H60O12/c1-3-51-27-29-53-23-7-5-9-25-55-40-17-13-36(14-18-40)45(48)58-42-21-22-44(39(33-42)34-57-47(50)43-32-35-11-12-38(43)31-35)59-46(49)37-15-19-41(20-16-37)56-26-10-6-8-24-54-30-28-52-4-2/h11-22,33,35,38,43H,3-10,23-32,34H2,1-2H3. The molecule has 0 saturated heterocycles. The van der Waals surface area contributed by atoms with Crippen LogP contribution in [0.2, 0.25) is 0 Å². The van der Waals surface area contributed by atoms with Crippen LogP contribution >= 0.6 is 0 Å². The zero-order valence-electron chi connectivity index (χ0n) is 34.6. The van der Waals surface area contributed by atoms with Gasteiger partial charge in [-0.1, -0.05) is 12.2 Å². The van der Waals surface area contributed by atoms with Crippen molar-refractivity contribution in [3.05, 3.63) is 95.6 Å². The minimum absolute atomic E-state index is 0.163. The van der Waals surface area contributed by atoms with Gasteiger partial charge in [0.15, 0.2) is 0 Å². The van der Waals surface area contributed by atoms with Gasteiger partial charge >= 0.3 is 17.9 Å². The van der Waals surface area contributed by atoms with Crippen LogP contribution in [-0.4, -0.2) is 84.0 Å². The first kappa shape index (κ1) is 45.3. The first-order chi connectivity index (χ1) is 28.9. The molecule has 2 bridgehead atoms. The van der Waals surface area contributed by atoms with E-state index in [0.29, 0.717) is 100 Å². The highest BCUT2D eigenvalue weighted by Crippen LogP contribution is 2.44. The molecule has 1 fully saturated rings. The largest absolute Gasteiger partial charge is 0.494 e. The van der Waals surface area contributed by atoms with Gasteiger partial charge in [0.05, 0.1) is 56.7 Å². The highest BCUT2D eigenvalue weighted by molar-refractivity contribution is 5.92. The van der Waals surface area contributed by atoms with Crippen LogP contribution in [0.5, 0.6) is 23.0 Å². The third-order valence-electron chi connectivity index (χ3n) is 10.1. The minimum atomic E-state index is -0.596. The Hall–Kier alpha value is -4.75. The third-order valence-corrected chi connectivity index (χ3v) is 10.1. The molecule has 59 heavy (non-hydrogen) atoms. The highest BCUT2D eigenvalue weighted by atomic mass is 16.6. The van der Waals surface area contributed by atoms with Crippen molar-refractivity contribution in [2.24, 2.45) is 17.8 Å². The molecule has 1 saturated carbocycles. The van der Waals surface area contributed by atoms with Gasteiger partial charge in [0.1, 0.15) is 29.6 Å². The molecule has 320 valence electrons. The molecule has 12 heteroatoms. The summed E-state index contributed by atoms with van der Waals surface area (Å²) in [5, 5.41) is 0. The Morgan fingerprint density at radius 3 is 1.59 bits per heavy atom. The summed E-state index contributed by atoms with van der Waals surface area (Å²) in [6.07, 6.45) is 11.6. The second-order valence-electron chi connectivity index (χ2n) is 14.5. The summed E-state index contributed by atoms with van der Waals surface area (Å²) in [5.41, 5.74) is 1.04. The van der Waals surface area contributed by atoms with Crippen molar-refractivity contribution < 1.29 is 57.0 Å². The average Bonchev–Trinajstić information content (AvgIpc) is 3.90. The van der Waals surface area contributed by atoms with E-state index in [0.717, 1.165) is 51.4 Å². The molecular weight excluding hydrogens is 757 g/mol. The maximum absolute atomic E-state index is 13.3. The lowest BCUT2D eigenvalue weighted by Crippen LogP contribution is -2.21. The molecule has 2 aliphatic carbocycles. The molecule has 3 aromatic carbocycles. The van der Waals surface area contributed by atoms with Gasteiger partial charge in [-0.15, -0.1) is 0 Å². The monoisotopic (exact) mass is 816 g/mol. The second-order valence-corrected chi connectivity index (χ2v) is 14.5. The summed E-state index contributed by atoms with van der Waals surface area (Å²) in [7, 11) is 0. The van der Waals surface area contributed by atoms with Crippen LogP contribution in [0.1, 0.15) is 91.5 Å². The number of carbonyl (C=O) groups is 3. The normalized spacial score (nSPS) is 16.5. The number of rotatable bonds is 29. The first-order valence-corrected chi connectivity index (χ1v) is 21.1. The SMILES string of the molecule is CCOCCOCCCCCOc1ccc(C(=O)Oc2ccc(OC(=O)c3ccc(OCCCCCOCCOCC)cc3)c(COC(=O)C3CC4C=CC3C4)c2)cc1. The van der Waals surface area contributed by atoms with E-state index in [-0.39, 0.29) is 35.9 Å². The van der Waals surface area contributed by atoms with Crippen molar-refractivity contribution >= 4 is 17.9 Å². The molecule has 0 amide bonds. The number of allylic oxidation sites excluding steroid dienone is 2. The van der Waals surface area contributed by atoms with Crippen molar-refractivity contribution in [3.8, 4) is 23.0 Å². The lowest BCUT2D eigenvalue weighted by atomic mass is 9.94. The van der Waals surface area contributed by atoms with Crippen molar-refractivity contribution in [2.45, 2.75) is 71.8 Å². The van der Waals surface area contributed by atoms with E-state index >= 15 is 0 Å². The number of ether oxygens (including phenoxy) is 9. The molecule has 0 heterocycles. The Morgan fingerprint density at radius 2 is 1.07 bits per heavy atom. The van der Waals surface area contributed by atoms with Gasteiger partial charge in [-0.3, -0.25) is 4.79 Å². The Morgan fingerprint density at radius 1 is 0.542 bits per heavy atom. The summed E-state index contributed by atoms with van der Waals surface area (Å²) >= 11 is 0. The number of unbranched alkanes of at least 4 members (excludes halogenated alkanes) is 4. The number of benzene rings is 3. The fourth-order valence-corrected chi connectivity index (χ4v) is 6.91. The lowest BCUT2D eigenvalue weighted by molar-refractivity contribution is -0.150. The van der Waals surface area contributed by atoms with Gasteiger partial charge in [-0.05, 0) is 144 Å². The summed E-state index contributed by atoms with van der Waals surface area (Å²) in [5.74, 6) is 0.605. The number of fused-ring (bicyclic) bond motifs is 2. The van der Waals surface area contributed by atoms with E-state index in [2.05, 4.69) is 12.2 Å². The molecule has 5 rings (SSSR count). The van der Waals surface area contributed by atoms with Gasteiger partial charge in [0.2, 0.25) is 0 Å². The summed E-state index contributed by atoms with van der Waals surface area (Å²) in [6, 6.07) is 18.1. The average molecular weight is 817 g/mol. The van der Waals surface area contributed by atoms with E-state index < -0.39 is 11.9 Å². The van der Waals surface area contributed by atoms with Crippen molar-refractivity contribution in [3.63, 3.8) is 0 Å². The molecule has 12 nitrogen and oxygen atoms in total. The molecule has 3 unspecified atom stereocenters. The molecule has 2 aliphatic rings. The Balaban J connectivity index is 1.11. The second kappa shape index (κ2) is 25.7. The minimum Gasteiger partial charge on any atom is -0.494 e. The van der Waals surface area contributed by atoms with Crippen LogP contribution in [0.25, 0.3) is 0 Å². The number of hydrogen-bond donors (Lipinski definition) is 0. The van der Waals surface area contributed by atoms with Crippen molar-refractivity contribution in [1.29, 1.82) is 0 Å². The van der Waals surface area contributed by atoms with E-state index in [9.17, 15) is 14.4 Å². The predicted octanol–water partition coefficient (Wildman–Crippen LogP) is 8.58. The van der Waals surface area contributed by atoms with E-state index in [4.69, 9.17) is 42.6 Å². The lowest BCUT2D eigenvalue weighted by Gasteiger charge is -2.18. The molecule has 0 aliphatic heterocycles. The van der Waals surface area contributed by atoms with Gasteiger partial charge in [0.25, 0.3) is 0 Å². The molecule has 0 aromatic heterocycles. The molecule has 3 atom stereocenters. The topological polar surface area (TPSA) is 134 Å². The van der Waals surface area contributed by atoms with Crippen LogP contribution in [0, 0.1) is 17.8 Å². The number of carbonyl (C=O) groups excluding carboxylic acids is 3. The van der Waals surface area contributed by atoms with Gasteiger partial charge in [-0.25, -0.2) is 9.59 Å². The quantitative estimate of drug-likeness (QED) is 0.0288. The number of esters is 3. The van der Waals surface area contributed by atoms with E-state index in [1.165, 1.54) is 12.1 Å². The Bertz CT molecular complexity index is 1740. The zero-order chi connectivity index (χ0) is 41.5. The maximum atomic E-state index is 13.3. The van der Waals surface area contributed by atoms with Crippen LogP contribution in [0.15, 0.2) is 78.9 Å². The molecule has 0 radical (unpaired) electrons. The first-order valence-electron chi connectivity index (χ1n) is 21.1. The van der Waals surface area contributed by atoms with Crippen LogP contribution in [-0.2, 0) is 35.1 Å². The van der Waals surface area contributed by atoms with Gasteiger partial charge in [0, 0.05) is 32.0 Å². The van der Waals surface area contributed by atoms with Crippen LogP contribution < -0.4 is 18.9 Å². The van der Waals surface area contributed by atoms with E-state index in [1.807, 2.05) is 13.8 Å². The smallest absolute Gasteiger partial charge is 0.343 e. The fourth-order valence-electron chi connectivity index (χ4n) is 6.91. The van der Waals surface area contributed by atoms with E-state index in [1.54, 1.807) is 54.6 Å². The Labute approximate surface area is 348 Å². The third kappa shape index (κ3) is 15.7. The van der Waals surface area contributed by atoms with Gasteiger partial charge < -0.3 is 42.6 Å². The molecule has 0 N–H and O–H groups in total. The van der Waals surface area contributed by atoms with Crippen molar-refractivity contribution in [1.82, 2.24) is 0 Å². The molecule has 3 aromatic rings. The summed E-state index contributed by atoms with van der Waals surface area (Å²) in [6.45, 7) is 10.1. The molecule has 0 spiro atoms. The summed E-state index contributed by atoms with van der Waals surface area (Å²) in [4.78, 5) is 39.6. The van der Waals surface area contributed by atoms with Crippen molar-refractivity contribution in [2.75, 3.05) is 66.1 Å². The fraction of sp³-hybridized carbons (Fsp3) is 0.511. The predicted molar refractivity (Wildman–Crippen MR) is 221 cm³/mol. The van der Waals surface area contributed by atoms with Crippen LogP contribution in [0.4, 0.5) is 0 Å². The maximum Gasteiger partial charge on any atom is 0.343 e. The zero-order valence-corrected chi connectivity index (χ0v) is 34.6. The Kier molecular flexibility index (Phi) is 19.7. The van der Waals surface area contributed by atoms with Crippen LogP contribution in [0.3, 0.4) is 0 Å².